The molecule has 0 bridgehead atoms. The molecule has 0 fully saturated rings. The maximum atomic E-state index is 10.9. The number of hydrogen-bond donors (Lipinski definition) is 1. The van der Waals surface area contributed by atoms with Crippen molar-refractivity contribution < 1.29 is 0 Å². The zero-order chi connectivity index (χ0) is 7.72. The fourth-order valence-electron chi connectivity index (χ4n) is 0.798. The highest BCUT2D eigenvalue weighted by Crippen LogP contribution is 1.60. The van der Waals surface area contributed by atoms with Crippen molar-refractivity contribution in [1.82, 2.24) is 14.3 Å². The minimum Gasteiger partial charge on any atom is -0.295 e. The lowest BCUT2D eigenvalue weighted by Crippen LogP contribution is -2.30. The predicted molar refractivity (Wildman–Crippen MR) is 38.7 cm³/mol. The summed E-state index contributed by atoms with van der Waals surface area (Å²) in [5.41, 5.74) is -0.650. The van der Waals surface area contributed by atoms with Crippen LogP contribution in [0.4, 0.5) is 0 Å². The Balaban J connectivity index is 3.49. The number of aryl methyl sites for hydroxylation is 1. The smallest absolute Gasteiger partial charge is 0.295 e. The van der Waals surface area contributed by atoms with Gasteiger partial charge in [-0.05, 0) is 0 Å². The Morgan fingerprint density at radius 1 is 1.50 bits per heavy atom. The van der Waals surface area contributed by atoms with Gasteiger partial charge in [-0.3, -0.25) is 4.48 Å². The number of H-pyrrole nitrogens is 1. The van der Waals surface area contributed by atoms with E-state index in [0.717, 1.165) is 9.16 Å². The predicted octanol–water partition coefficient (Wildman–Crippen LogP) is -1.88. The van der Waals surface area contributed by atoms with Gasteiger partial charge in [0.15, 0.2) is 0 Å². The Morgan fingerprint density at radius 3 is 2.30 bits per heavy atom. The Morgan fingerprint density at radius 2 is 2.10 bits per heavy atom. The molecule has 0 aliphatic rings. The molecule has 1 aromatic heterocycles. The Labute approximate surface area is 57.5 Å². The van der Waals surface area contributed by atoms with E-state index in [4.69, 9.17) is 0 Å². The molecule has 54 valence electrons. The monoisotopic (exact) mass is 141 g/mol. The summed E-state index contributed by atoms with van der Waals surface area (Å²) in [6, 6.07) is 0. The van der Waals surface area contributed by atoms with Gasteiger partial charge < -0.3 is 0 Å². The molecule has 0 unspecified atom stereocenters. The van der Waals surface area contributed by atoms with Crippen molar-refractivity contribution in [3.8, 4) is 0 Å². The summed E-state index contributed by atoms with van der Waals surface area (Å²) < 4.78 is 2.28. The molecule has 0 aliphatic carbocycles. The average Bonchev–Trinajstić information content (AvgIpc) is 2.09. The van der Waals surface area contributed by atoms with Gasteiger partial charge in [-0.2, -0.15) is 0 Å². The molecular formula is C4H8BN3O2. The van der Waals surface area contributed by atoms with Crippen molar-refractivity contribution >= 4 is 7.41 Å². The van der Waals surface area contributed by atoms with Crippen molar-refractivity contribution in [1.29, 1.82) is 0 Å². The van der Waals surface area contributed by atoms with Crippen LogP contribution in [-0.2, 0) is 7.05 Å². The van der Waals surface area contributed by atoms with Crippen molar-refractivity contribution in [3.63, 3.8) is 0 Å². The number of nitrogens with zero attached hydrogens (tertiary/aromatic N) is 2. The zero-order valence-corrected chi connectivity index (χ0v) is 5.92. The second-order valence-electron chi connectivity index (χ2n) is 2.00. The molecular weight excluding hydrogens is 133 g/mol. The third-order valence-electron chi connectivity index (χ3n) is 1.34. The summed E-state index contributed by atoms with van der Waals surface area (Å²) >= 11 is 0. The second kappa shape index (κ2) is 2.20. The van der Waals surface area contributed by atoms with E-state index in [1.807, 2.05) is 0 Å². The van der Waals surface area contributed by atoms with Crippen molar-refractivity contribution in [3.05, 3.63) is 21.0 Å². The highest BCUT2D eigenvalue weighted by Gasteiger charge is 2.01. The number of aromatic amines is 1. The summed E-state index contributed by atoms with van der Waals surface area (Å²) in [5, 5.41) is 2.34. The van der Waals surface area contributed by atoms with Gasteiger partial charge in [0, 0.05) is 7.05 Å². The largest absolute Gasteiger partial charge is 0.334 e. The molecule has 0 aliphatic heterocycles. The molecule has 1 heterocycles. The maximum Gasteiger partial charge on any atom is 0.334 e. The van der Waals surface area contributed by atoms with Crippen LogP contribution in [0.25, 0.3) is 0 Å². The molecule has 5 nitrogen and oxygen atoms in total. The molecule has 1 N–H and O–H groups in total. The van der Waals surface area contributed by atoms with Crippen molar-refractivity contribution in [2.75, 3.05) is 0 Å². The third kappa shape index (κ3) is 0.812. The third-order valence-corrected chi connectivity index (χ3v) is 1.34. The molecule has 10 heavy (non-hydrogen) atoms. The lowest BCUT2D eigenvalue weighted by atomic mass is 10.0. The number of nitrogens with one attached hydrogen (secondary N) is 1. The van der Waals surface area contributed by atoms with E-state index in [1.54, 1.807) is 6.82 Å². The lowest BCUT2D eigenvalue weighted by molar-refractivity contribution is 0.725. The van der Waals surface area contributed by atoms with Crippen LogP contribution in [0.1, 0.15) is 0 Å². The van der Waals surface area contributed by atoms with E-state index in [9.17, 15) is 9.59 Å². The summed E-state index contributed by atoms with van der Waals surface area (Å²) in [4.78, 5) is 21.7. The first kappa shape index (κ1) is 6.92. The summed E-state index contributed by atoms with van der Waals surface area (Å²) in [5.74, 6) is 0. The molecule has 0 amide bonds. The first-order valence-corrected chi connectivity index (χ1v) is 3.02. The average molecular weight is 141 g/mol. The van der Waals surface area contributed by atoms with E-state index in [-0.39, 0.29) is 11.4 Å². The van der Waals surface area contributed by atoms with Gasteiger partial charge in [-0.25, -0.2) is 19.4 Å². The zero-order valence-electron chi connectivity index (χ0n) is 5.92. The first-order valence-electron chi connectivity index (χ1n) is 3.02. The minimum atomic E-state index is -0.352. The van der Waals surface area contributed by atoms with Crippen LogP contribution in [0.15, 0.2) is 9.59 Å². The number of rotatable bonds is 1. The van der Waals surface area contributed by atoms with Crippen LogP contribution in [0.3, 0.4) is 0 Å². The van der Waals surface area contributed by atoms with Crippen LogP contribution in [0.5, 0.6) is 0 Å². The topological polar surface area (TPSA) is 59.8 Å². The maximum absolute atomic E-state index is 10.9. The normalized spacial score (nSPS) is 9.80. The summed E-state index contributed by atoms with van der Waals surface area (Å²) in [7, 11) is 1.92. The minimum absolute atomic E-state index is 0.299. The fourth-order valence-corrected chi connectivity index (χ4v) is 0.798. The molecule has 0 radical (unpaired) electrons. The highest BCUT2D eigenvalue weighted by atomic mass is 16.2. The van der Waals surface area contributed by atoms with E-state index in [0.29, 0.717) is 7.41 Å². The van der Waals surface area contributed by atoms with Gasteiger partial charge in [0.1, 0.15) is 0 Å². The number of hydrogen-bond acceptors (Lipinski definition) is 2. The van der Waals surface area contributed by atoms with Crippen LogP contribution < -0.4 is 11.4 Å². The van der Waals surface area contributed by atoms with Gasteiger partial charge in [-0.15, -0.1) is 0 Å². The van der Waals surface area contributed by atoms with E-state index in [2.05, 4.69) is 5.10 Å². The van der Waals surface area contributed by atoms with Crippen LogP contribution >= 0.6 is 0 Å². The molecule has 0 saturated carbocycles. The fraction of sp³-hybridized carbons (Fsp3) is 0.500. The van der Waals surface area contributed by atoms with Crippen LogP contribution in [-0.4, -0.2) is 21.7 Å². The van der Waals surface area contributed by atoms with Gasteiger partial charge in [0.05, 0.1) is 0 Å². The van der Waals surface area contributed by atoms with E-state index >= 15 is 0 Å². The standard InChI is InChI=1S/C4H8BN3O2/c1-5-8-3(9)6-7(2)4(8)10/h5H,1-2H3,(H,6,9). The summed E-state index contributed by atoms with van der Waals surface area (Å²) in [6.07, 6.45) is 0. The van der Waals surface area contributed by atoms with Gasteiger partial charge in [-0.1, -0.05) is 6.82 Å². The first-order chi connectivity index (χ1) is 4.66. The Hall–Kier alpha value is -1.20. The lowest BCUT2D eigenvalue weighted by Gasteiger charge is -1.84. The molecule has 0 saturated heterocycles. The SMILES string of the molecule is CBn1c(=O)[nH]n(C)c1=O. The molecule has 1 aromatic rings. The Kier molecular flexibility index (Phi) is 1.53. The highest BCUT2D eigenvalue weighted by molar-refractivity contribution is 6.31. The Bertz CT molecular complexity index is 333. The van der Waals surface area contributed by atoms with Crippen molar-refractivity contribution in [2.24, 2.45) is 7.05 Å². The summed E-state index contributed by atoms with van der Waals surface area (Å²) in [6.45, 7) is 1.75. The molecule has 1 rings (SSSR count). The van der Waals surface area contributed by atoms with Gasteiger partial charge in [0.2, 0.25) is 0 Å². The van der Waals surface area contributed by atoms with Gasteiger partial charge >= 0.3 is 11.4 Å². The molecule has 6 heteroatoms. The van der Waals surface area contributed by atoms with Gasteiger partial charge in [0.25, 0.3) is 7.41 Å². The van der Waals surface area contributed by atoms with Crippen LogP contribution in [0.2, 0.25) is 6.82 Å². The number of aromatic nitrogens is 3. The molecule has 0 spiro atoms. The second-order valence-corrected chi connectivity index (χ2v) is 2.00. The quantitative estimate of drug-likeness (QED) is 0.465. The molecule has 0 atom stereocenters. The molecule has 0 aromatic carbocycles. The van der Waals surface area contributed by atoms with E-state index in [1.165, 1.54) is 7.05 Å². The van der Waals surface area contributed by atoms with E-state index < -0.39 is 0 Å². The van der Waals surface area contributed by atoms with Crippen LogP contribution in [0, 0.1) is 0 Å². The van der Waals surface area contributed by atoms with Crippen molar-refractivity contribution in [2.45, 2.75) is 6.82 Å².